The standard InChI is InChI=1S/C10H20N2O2S/c1-9-8-12(6-5-11-9)15(13,14)7-4-10-2-3-10/h9-11H,2-8H2,1H3/t9-/m1/s1. The van der Waals surface area contributed by atoms with Crippen LogP contribution < -0.4 is 5.32 Å². The fraction of sp³-hybridized carbons (Fsp3) is 1.00. The fourth-order valence-corrected chi connectivity index (χ4v) is 3.71. The molecule has 1 saturated heterocycles. The molecule has 1 heterocycles. The van der Waals surface area contributed by atoms with Crippen LogP contribution in [0.2, 0.25) is 0 Å². The summed E-state index contributed by atoms with van der Waals surface area (Å²) in [4.78, 5) is 0. The number of piperazine rings is 1. The Morgan fingerprint density at radius 1 is 1.40 bits per heavy atom. The Hall–Kier alpha value is -0.130. The van der Waals surface area contributed by atoms with Crippen LogP contribution in [0.15, 0.2) is 0 Å². The van der Waals surface area contributed by atoms with Gasteiger partial charge in [-0.25, -0.2) is 8.42 Å². The number of nitrogens with one attached hydrogen (secondary N) is 1. The zero-order valence-corrected chi connectivity index (χ0v) is 10.1. The van der Waals surface area contributed by atoms with E-state index in [1.54, 1.807) is 4.31 Å². The highest BCUT2D eigenvalue weighted by Gasteiger charge is 2.29. The third-order valence-corrected chi connectivity index (χ3v) is 5.08. The first-order chi connectivity index (χ1) is 7.08. The molecule has 0 spiro atoms. The maximum atomic E-state index is 12.0. The monoisotopic (exact) mass is 232 g/mol. The molecular formula is C10H20N2O2S. The molecule has 0 radical (unpaired) electrons. The van der Waals surface area contributed by atoms with Gasteiger partial charge in [0.2, 0.25) is 10.0 Å². The van der Waals surface area contributed by atoms with Gasteiger partial charge >= 0.3 is 0 Å². The molecule has 1 atom stereocenters. The first-order valence-corrected chi connectivity index (χ1v) is 7.40. The van der Waals surface area contributed by atoms with E-state index in [1.165, 1.54) is 12.8 Å². The summed E-state index contributed by atoms with van der Waals surface area (Å²) in [5, 5.41) is 3.26. The normalized spacial score (nSPS) is 29.3. The summed E-state index contributed by atoms with van der Waals surface area (Å²) in [5.74, 6) is 1.05. The average Bonchev–Trinajstić information content (AvgIpc) is 2.98. The van der Waals surface area contributed by atoms with Crippen LogP contribution in [0.5, 0.6) is 0 Å². The lowest BCUT2D eigenvalue weighted by atomic mass is 10.3. The van der Waals surface area contributed by atoms with E-state index in [2.05, 4.69) is 5.32 Å². The summed E-state index contributed by atoms with van der Waals surface area (Å²) in [7, 11) is -2.98. The Labute approximate surface area is 92.1 Å². The van der Waals surface area contributed by atoms with E-state index in [0.717, 1.165) is 13.0 Å². The van der Waals surface area contributed by atoms with Crippen LogP contribution in [-0.2, 0) is 10.0 Å². The van der Waals surface area contributed by atoms with E-state index < -0.39 is 10.0 Å². The van der Waals surface area contributed by atoms with Gasteiger partial charge in [0.15, 0.2) is 0 Å². The Morgan fingerprint density at radius 3 is 2.73 bits per heavy atom. The van der Waals surface area contributed by atoms with Crippen molar-refractivity contribution in [1.82, 2.24) is 9.62 Å². The van der Waals surface area contributed by atoms with Gasteiger partial charge in [-0.1, -0.05) is 12.8 Å². The topological polar surface area (TPSA) is 49.4 Å². The molecule has 0 bridgehead atoms. The van der Waals surface area contributed by atoms with Crippen molar-refractivity contribution in [1.29, 1.82) is 0 Å². The van der Waals surface area contributed by atoms with Gasteiger partial charge in [-0.05, 0) is 19.3 Å². The van der Waals surface area contributed by atoms with Gasteiger partial charge in [0, 0.05) is 25.7 Å². The van der Waals surface area contributed by atoms with E-state index in [0.29, 0.717) is 24.8 Å². The summed E-state index contributed by atoms with van der Waals surface area (Å²) in [6, 6.07) is 0.287. The number of nitrogens with zero attached hydrogens (tertiary/aromatic N) is 1. The highest BCUT2D eigenvalue weighted by molar-refractivity contribution is 7.89. The Kier molecular flexibility index (Phi) is 3.33. The van der Waals surface area contributed by atoms with Crippen molar-refractivity contribution in [3.05, 3.63) is 0 Å². The lowest BCUT2D eigenvalue weighted by molar-refractivity contribution is 0.310. The Balaban J connectivity index is 1.88. The zero-order chi connectivity index (χ0) is 10.9. The molecule has 4 nitrogen and oxygen atoms in total. The first kappa shape index (κ1) is 11.4. The highest BCUT2D eigenvalue weighted by Crippen LogP contribution is 2.32. The molecule has 2 aliphatic rings. The van der Waals surface area contributed by atoms with Gasteiger partial charge in [-0.2, -0.15) is 4.31 Å². The highest BCUT2D eigenvalue weighted by atomic mass is 32.2. The van der Waals surface area contributed by atoms with Crippen molar-refractivity contribution < 1.29 is 8.42 Å². The predicted octanol–water partition coefficient (Wildman–Crippen LogP) is 0.410. The summed E-state index contributed by atoms with van der Waals surface area (Å²) in [5.41, 5.74) is 0. The summed E-state index contributed by atoms with van der Waals surface area (Å²) in [6.07, 6.45) is 3.32. The van der Waals surface area contributed by atoms with Crippen LogP contribution in [0, 0.1) is 5.92 Å². The number of sulfonamides is 1. The van der Waals surface area contributed by atoms with E-state index in [-0.39, 0.29) is 6.04 Å². The minimum atomic E-state index is -2.98. The number of hydrogen-bond donors (Lipinski definition) is 1. The van der Waals surface area contributed by atoms with Gasteiger partial charge in [0.1, 0.15) is 0 Å². The second-order valence-electron chi connectivity index (χ2n) is 4.76. The van der Waals surface area contributed by atoms with Crippen molar-refractivity contribution in [3.63, 3.8) is 0 Å². The number of rotatable bonds is 4. The van der Waals surface area contributed by atoms with Crippen molar-refractivity contribution in [2.45, 2.75) is 32.2 Å². The molecule has 0 amide bonds. The molecule has 1 saturated carbocycles. The van der Waals surface area contributed by atoms with Crippen LogP contribution in [-0.4, -0.2) is 44.2 Å². The third-order valence-electron chi connectivity index (χ3n) is 3.21. The second kappa shape index (κ2) is 4.39. The third kappa shape index (κ3) is 3.16. The molecule has 88 valence electrons. The van der Waals surface area contributed by atoms with E-state index in [1.807, 2.05) is 6.92 Å². The molecule has 1 N–H and O–H groups in total. The van der Waals surface area contributed by atoms with Crippen molar-refractivity contribution in [2.24, 2.45) is 5.92 Å². The lowest BCUT2D eigenvalue weighted by Crippen LogP contribution is -2.51. The Bertz CT molecular complexity index is 311. The maximum absolute atomic E-state index is 12.0. The molecule has 2 rings (SSSR count). The van der Waals surface area contributed by atoms with E-state index in [4.69, 9.17) is 0 Å². The average molecular weight is 232 g/mol. The minimum absolute atomic E-state index is 0.287. The van der Waals surface area contributed by atoms with Gasteiger partial charge in [0.25, 0.3) is 0 Å². The molecule has 5 heteroatoms. The zero-order valence-electron chi connectivity index (χ0n) is 9.28. The molecule has 0 aromatic rings. The van der Waals surface area contributed by atoms with Gasteiger partial charge in [0.05, 0.1) is 5.75 Å². The summed E-state index contributed by atoms with van der Waals surface area (Å²) in [6.45, 7) is 4.08. The quantitative estimate of drug-likeness (QED) is 0.764. The van der Waals surface area contributed by atoms with E-state index >= 15 is 0 Å². The second-order valence-corrected chi connectivity index (χ2v) is 6.85. The molecule has 15 heavy (non-hydrogen) atoms. The van der Waals surface area contributed by atoms with Crippen LogP contribution >= 0.6 is 0 Å². The Morgan fingerprint density at radius 2 is 2.13 bits per heavy atom. The first-order valence-electron chi connectivity index (χ1n) is 5.79. The van der Waals surface area contributed by atoms with Crippen LogP contribution in [0.4, 0.5) is 0 Å². The molecule has 0 aromatic carbocycles. The van der Waals surface area contributed by atoms with Crippen molar-refractivity contribution in [2.75, 3.05) is 25.4 Å². The molecule has 0 aromatic heterocycles. The van der Waals surface area contributed by atoms with Crippen molar-refractivity contribution >= 4 is 10.0 Å². The van der Waals surface area contributed by atoms with Crippen LogP contribution in [0.1, 0.15) is 26.2 Å². The van der Waals surface area contributed by atoms with Gasteiger partial charge in [-0.15, -0.1) is 0 Å². The lowest BCUT2D eigenvalue weighted by Gasteiger charge is -2.31. The van der Waals surface area contributed by atoms with Crippen molar-refractivity contribution in [3.8, 4) is 0 Å². The molecule has 0 unspecified atom stereocenters. The van der Waals surface area contributed by atoms with Gasteiger partial charge < -0.3 is 5.32 Å². The SMILES string of the molecule is C[C@@H]1CN(S(=O)(=O)CCC2CC2)CCN1. The molecule has 1 aliphatic carbocycles. The van der Waals surface area contributed by atoms with Gasteiger partial charge in [-0.3, -0.25) is 0 Å². The molecule has 1 aliphatic heterocycles. The molecule has 2 fully saturated rings. The fourth-order valence-electron chi connectivity index (χ4n) is 2.00. The maximum Gasteiger partial charge on any atom is 0.214 e. The predicted molar refractivity (Wildman–Crippen MR) is 60.2 cm³/mol. The minimum Gasteiger partial charge on any atom is -0.312 e. The largest absolute Gasteiger partial charge is 0.312 e. The van der Waals surface area contributed by atoms with Crippen LogP contribution in [0.3, 0.4) is 0 Å². The smallest absolute Gasteiger partial charge is 0.214 e. The number of hydrogen-bond acceptors (Lipinski definition) is 3. The molecular weight excluding hydrogens is 212 g/mol. The van der Waals surface area contributed by atoms with Crippen LogP contribution in [0.25, 0.3) is 0 Å². The summed E-state index contributed by atoms with van der Waals surface area (Å²) >= 11 is 0. The van der Waals surface area contributed by atoms with E-state index in [9.17, 15) is 8.42 Å². The summed E-state index contributed by atoms with van der Waals surface area (Å²) < 4.78 is 25.6.